The van der Waals surface area contributed by atoms with Gasteiger partial charge in [0.25, 0.3) is 0 Å². The number of hydrogen-bond donors (Lipinski definition) is 1. The van der Waals surface area contributed by atoms with E-state index in [4.69, 9.17) is 0 Å². The fraction of sp³-hybridized carbons (Fsp3) is 0.917. The van der Waals surface area contributed by atoms with Crippen LogP contribution in [0.5, 0.6) is 0 Å². The van der Waals surface area contributed by atoms with Gasteiger partial charge in [-0.3, -0.25) is 10.1 Å². The molecule has 0 aromatic carbocycles. The molecule has 1 aliphatic carbocycles. The fourth-order valence-electron chi connectivity index (χ4n) is 2.92. The molecular formula is C12H22N2OS. The average molecular weight is 242 g/mol. The minimum absolute atomic E-state index is 0.197. The molecule has 2 rings (SSSR count). The Hall–Kier alpha value is -0.220. The van der Waals surface area contributed by atoms with Gasteiger partial charge in [-0.2, -0.15) is 11.8 Å². The zero-order chi connectivity index (χ0) is 11.8. The number of nitrogens with zero attached hydrogens (tertiary/aromatic N) is 1. The molecule has 1 spiro atoms. The SMILES string of the molecule is CSC(C)CN1C(=O)C2(CCCC2)NC1C. The summed E-state index contributed by atoms with van der Waals surface area (Å²) in [6.07, 6.45) is 6.75. The average Bonchev–Trinajstić information content (AvgIpc) is 2.81. The maximum absolute atomic E-state index is 12.4. The lowest BCUT2D eigenvalue weighted by atomic mass is 9.98. The van der Waals surface area contributed by atoms with E-state index in [2.05, 4.69) is 25.4 Å². The molecule has 92 valence electrons. The Labute approximate surface area is 102 Å². The highest BCUT2D eigenvalue weighted by molar-refractivity contribution is 7.99. The highest BCUT2D eigenvalue weighted by Crippen LogP contribution is 2.36. The number of carbonyl (C=O) groups is 1. The van der Waals surface area contributed by atoms with Crippen molar-refractivity contribution in [3.05, 3.63) is 0 Å². The van der Waals surface area contributed by atoms with Gasteiger partial charge in [-0.25, -0.2) is 0 Å². The number of thioether (sulfide) groups is 1. The van der Waals surface area contributed by atoms with Crippen molar-refractivity contribution in [1.82, 2.24) is 10.2 Å². The summed E-state index contributed by atoms with van der Waals surface area (Å²) in [6, 6.07) is 0. The Morgan fingerprint density at radius 1 is 1.56 bits per heavy atom. The maximum atomic E-state index is 12.4. The second-order valence-electron chi connectivity index (χ2n) is 5.11. The van der Waals surface area contributed by atoms with Crippen LogP contribution in [0.4, 0.5) is 0 Å². The summed E-state index contributed by atoms with van der Waals surface area (Å²) >= 11 is 1.82. The van der Waals surface area contributed by atoms with Crippen molar-refractivity contribution in [1.29, 1.82) is 0 Å². The van der Waals surface area contributed by atoms with Gasteiger partial charge >= 0.3 is 0 Å². The predicted octanol–water partition coefficient (Wildman–Crippen LogP) is 1.83. The maximum Gasteiger partial charge on any atom is 0.244 e. The van der Waals surface area contributed by atoms with Crippen molar-refractivity contribution < 1.29 is 4.79 Å². The first kappa shape index (κ1) is 12.2. The van der Waals surface area contributed by atoms with Crippen LogP contribution < -0.4 is 5.32 Å². The summed E-state index contributed by atoms with van der Waals surface area (Å²) in [5, 5.41) is 4.04. The van der Waals surface area contributed by atoms with Crippen molar-refractivity contribution in [3.63, 3.8) is 0 Å². The fourth-order valence-corrected chi connectivity index (χ4v) is 3.23. The molecule has 1 saturated heterocycles. The van der Waals surface area contributed by atoms with E-state index in [-0.39, 0.29) is 11.7 Å². The monoisotopic (exact) mass is 242 g/mol. The quantitative estimate of drug-likeness (QED) is 0.819. The van der Waals surface area contributed by atoms with E-state index in [9.17, 15) is 4.79 Å². The van der Waals surface area contributed by atoms with Gasteiger partial charge in [0.1, 0.15) is 0 Å². The Kier molecular flexibility index (Phi) is 3.50. The normalized spacial score (nSPS) is 30.3. The molecule has 1 N–H and O–H groups in total. The summed E-state index contributed by atoms with van der Waals surface area (Å²) in [7, 11) is 0. The van der Waals surface area contributed by atoms with Crippen molar-refractivity contribution in [2.24, 2.45) is 0 Å². The summed E-state index contributed by atoms with van der Waals surface area (Å²) in [5.74, 6) is 0.346. The second kappa shape index (κ2) is 4.57. The van der Waals surface area contributed by atoms with Gasteiger partial charge in [-0.15, -0.1) is 0 Å². The van der Waals surface area contributed by atoms with Gasteiger partial charge < -0.3 is 4.90 Å². The van der Waals surface area contributed by atoms with Crippen LogP contribution in [0.15, 0.2) is 0 Å². The Bertz CT molecular complexity index is 276. The molecule has 0 bridgehead atoms. The standard InChI is InChI=1S/C12H22N2OS/c1-9(16-3)8-14-10(2)13-12(11(14)15)6-4-5-7-12/h9-10,13H,4-8H2,1-3H3. The van der Waals surface area contributed by atoms with Crippen molar-refractivity contribution in [2.45, 2.75) is 56.5 Å². The van der Waals surface area contributed by atoms with Crippen molar-refractivity contribution in [2.75, 3.05) is 12.8 Å². The molecule has 2 fully saturated rings. The number of rotatable bonds is 3. The number of nitrogens with one attached hydrogen (secondary N) is 1. The third-order valence-electron chi connectivity index (χ3n) is 3.94. The molecule has 2 atom stereocenters. The lowest BCUT2D eigenvalue weighted by Crippen LogP contribution is -2.44. The van der Waals surface area contributed by atoms with Crippen molar-refractivity contribution >= 4 is 17.7 Å². The Morgan fingerprint density at radius 3 is 2.75 bits per heavy atom. The molecular weight excluding hydrogens is 220 g/mol. The van der Waals surface area contributed by atoms with Crippen LogP contribution in [0.3, 0.4) is 0 Å². The van der Waals surface area contributed by atoms with Gasteiger partial charge in [-0.05, 0) is 26.0 Å². The van der Waals surface area contributed by atoms with Gasteiger partial charge in [0.2, 0.25) is 5.91 Å². The smallest absolute Gasteiger partial charge is 0.244 e. The van der Waals surface area contributed by atoms with Gasteiger partial charge in [0.05, 0.1) is 11.7 Å². The van der Waals surface area contributed by atoms with Crippen LogP contribution in [0.1, 0.15) is 39.5 Å². The zero-order valence-corrected chi connectivity index (χ0v) is 11.3. The molecule has 0 aromatic rings. The van der Waals surface area contributed by atoms with Crippen LogP contribution in [0.2, 0.25) is 0 Å². The first-order chi connectivity index (χ1) is 7.59. The molecule has 2 unspecified atom stereocenters. The first-order valence-electron chi connectivity index (χ1n) is 6.20. The highest BCUT2D eigenvalue weighted by Gasteiger charge is 2.50. The van der Waals surface area contributed by atoms with Crippen LogP contribution >= 0.6 is 11.8 Å². The third-order valence-corrected chi connectivity index (χ3v) is 4.89. The van der Waals surface area contributed by atoms with Gasteiger partial charge in [0, 0.05) is 11.8 Å². The molecule has 16 heavy (non-hydrogen) atoms. The van der Waals surface area contributed by atoms with Gasteiger partial charge in [-0.1, -0.05) is 19.8 Å². The van der Waals surface area contributed by atoms with E-state index >= 15 is 0 Å². The minimum Gasteiger partial charge on any atom is -0.325 e. The summed E-state index contributed by atoms with van der Waals surface area (Å²) in [4.78, 5) is 14.5. The lowest BCUT2D eigenvalue weighted by Gasteiger charge is -2.24. The molecule has 3 nitrogen and oxygen atoms in total. The topological polar surface area (TPSA) is 32.3 Å². The summed E-state index contributed by atoms with van der Waals surface area (Å²) in [6.45, 7) is 5.16. The largest absolute Gasteiger partial charge is 0.325 e. The number of carbonyl (C=O) groups excluding carboxylic acids is 1. The third kappa shape index (κ3) is 1.97. The molecule has 4 heteroatoms. The molecule has 2 aliphatic rings. The molecule has 1 heterocycles. The van der Waals surface area contributed by atoms with E-state index in [1.165, 1.54) is 12.8 Å². The summed E-state index contributed by atoms with van der Waals surface area (Å²) in [5.41, 5.74) is -0.197. The predicted molar refractivity (Wildman–Crippen MR) is 68.5 cm³/mol. The first-order valence-corrected chi connectivity index (χ1v) is 7.49. The second-order valence-corrected chi connectivity index (χ2v) is 6.39. The molecule has 1 aliphatic heterocycles. The van der Waals surface area contributed by atoms with E-state index in [0.29, 0.717) is 11.2 Å². The molecule has 0 radical (unpaired) electrons. The summed E-state index contributed by atoms with van der Waals surface area (Å²) < 4.78 is 0. The number of amides is 1. The van der Waals surface area contributed by atoms with Gasteiger partial charge in [0.15, 0.2) is 0 Å². The van der Waals surface area contributed by atoms with Crippen LogP contribution in [-0.2, 0) is 4.79 Å². The minimum atomic E-state index is -0.197. The van der Waals surface area contributed by atoms with Crippen molar-refractivity contribution in [3.8, 4) is 0 Å². The Balaban J connectivity index is 2.07. The van der Waals surface area contributed by atoms with Crippen LogP contribution in [-0.4, -0.2) is 40.6 Å². The van der Waals surface area contributed by atoms with Crippen LogP contribution in [0, 0.1) is 0 Å². The van der Waals surface area contributed by atoms with E-state index < -0.39 is 0 Å². The lowest BCUT2D eigenvalue weighted by molar-refractivity contribution is -0.133. The van der Waals surface area contributed by atoms with Crippen LogP contribution in [0.25, 0.3) is 0 Å². The Morgan fingerprint density at radius 2 is 2.19 bits per heavy atom. The highest BCUT2D eigenvalue weighted by atomic mass is 32.2. The molecule has 1 amide bonds. The molecule has 0 aromatic heterocycles. The van der Waals surface area contributed by atoms with E-state index in [1.807, 2.05) is 16.7 Å². The number of hydrogen-bond acceptors (Lipinski definition) is 3. The van der Waals surface area contributed by atoms with E-state index in [1.54, 1.807) is 0 Å². The zero-order valence-electron chi connectivity index (χ0n) is 10.5. The van der Waals surface area contributed by atoms with E-state index in [0.717, 1.165) is 19.4 Å². The molecule has 1 saturated carbocycles.